The Hall–Kier alpha value is -1.84. The number of carboxylic acids is 1. The third kappa shape index (κ3) is 2.15. The second-order valence-corrected chi connectivity index (χ2v) is 3.39. The van der Waals surface area contributed by atoms with Gasteiger partial charge in [-0.15, -0.1) is 0 Å². The van der Waals surface area contributed by atoms with Gasteiger partial charge in [-0.25, -0.2) is 0 Å². The zero-order chi connectivity index (χ0) is 10.7. The van der Waals surface area contributed by atoms with Crippen LogP contribution in [0.3, 0.4) is 0 Å². The van der Waals surface area contributed by atoms with Gasteiger partial charge in [0.2, 0.25) is 0 Å². The van der Waals surface area contributed by atoms with Crippen LogP contribution in [0.2, 0.25) is 0 Å². The molecule has 0 bridgehead atoms. The van der Waals surface area contributed by atoms with Crippen LogP contribution in [0.5, 0.6) is 0 Å². The summed E-state index contributed by atoms with van der Waals surface area (Å²) in [6, 6.07) is 9.67. The minimum absolute atomic E-state index is 0.0216. The molecule has 1 heterocycles. The standard InChI is InChI=1S/C11H12N2O2/c14-10(15)8-13-7-6-12-11(13)9-4-2-1-3-5-9/h1-5H,6-8H2,(H,14,15). The molecule has 0 amide bonds. The number of benzene rings is 1. The van der Waals surface area contributed by atoms with E-state index >= 15 is 0 Å². The molecule has 0 radical (unpaired) electrons. The van der Waals surface area contributed by atoms with Gasteiger partial charge in [0.05, 0.1) is 6.54 Å². The predicted molar refractivity (Wildman–Crippen MR) is 57.1 cm³/mol. The first kappa shape index (κ1) is 9.71. The van der Waals surface area contributed by atoms with Crippen molar-refractivity contribution < 1.29 is 9.90 Å². The van der Waals surface area contributed by atoms with Crippen molar-refractivity contribution in [2.24, 2.45) is 4.99 Å². The zero-order valence-corrected chi connectivity index (χ0v) is 8.26. The molecule has 1 aromatic carbocycles. The zero-order valence-electron chi connectivity index (χ0n) is 8.26. The van der Waals surface area contributed by atoms with Gasteiger partial charge >= 0.3 is 5.97 Å². The van der Waals surface area contributed by atoms with Crippen LogP contribution in [-0.2, 0) is 4.79 Å². The summed E-state index contributed by atoms with van der Waals surface area (Å²) >= 11 is 0. The number of hydrogen-bond acceptors (Lipinski definition) is 3. The molecule has 1 aliphatic heterocycles. The molecule has 0 aliphatic carbocycles. The molecule has 15 heavy (non-hydrogen) atoms. The fraction of sp³-hybridized carbons (Fsp3) is 0.273. The highest BCUT2D eigenvalue weighted by Crippen LogP contribution is 2.10. The van der Waals surface area contributed by atoms with Crippen molar-refractivity contribution in [3.05, 3.63) is 35.9 Å². The Kier molecular flexibility index (Phi) is 2.67. The molecule has 1 aromatic rings. The summed E-state index contributed by atoms with van der Waals surface area (Å²) in [5.41, 5.74) is 0.983. The van der Waals surface area contributed by atoms with Crippen molar-refractivity contribution >= 4 is 11.8 Å². The highest BCUT2D eigenvalue weighted by Gasteiger charge is 2.20. The van der Waals surface area contributed by atoms with Gasteiger partial charge in [-0.1, -0.05) is 30.3 Å². The number of aliphatic imine (C=N–C) groups is 1. The Morgan fingerprint density at radius 1 is 1.40 bits per heavy atom. The van der Waals surface area contributed by atoms with E-state index in [2.05, 4.69) is 4.99 Å². The predicted octanol–water partition coefficient (Wildman–Crippen LogP) is 0.833. The summed E-state index contributed by atoms with van der Waals surface area (Å²) in [5.74, 6) is -0.0291. The van der Waals surface area contributed by atoms with E-state index in [9.17, 15) is 4.79 Å². The Balaban J connectivity index is 2.18. The van der Waals surface area contributed by atoms with E-state index in [0.29, 0.717) is 13.1 Å². The number of rotatable bonds is 3. The van der Waals surface area contributed by atoms with Gasteiger partial charge in [-0.3, -0.25) is 9.79 Å². The summed E-state index contributed by atoms with van der Waals surface area (Å²) in [6.45, 7) is 1.39. The maximum atomic E-state index is 10.6. The van der Waals surface area contributed by atoms with E-state index < -0.39 is 5.97 Å². The highest BCUT2D eigenvalue weighted by molar-refractivity contribution is 6.01. The Morgan fingerprint density at radius 2 is 2.13 bits per heavy atom. The third-order valence-corrected chi connectivity index (χ3v) is 2.29. The number of hydrogen-bond donors (Lipinski definition) is 1. The summed E-state index contributed by atoms with van der Waals surface area (Å²) in [7, 11) is 0. The van der Waals surface area contributed by atoms with Crippen LogP contribution >= 0.6 is 0 Å². The fourth-order valence-electron chi connectivity index (χ4n) is 1.66. The summed E-state index contributed by atoms with van der Waals surface area (Å²) in [4.78, 5) is 16.7. The van der Waals surface area contributed by atoms with Crippen LogP contribution < -0.4 is 0 Å². The van der Waals surface area contributed by atoms with Gasteiger partial charge in [0, 0.05) is 12.1 Å². The molecular weight excluding hydrogens is 192 g/mol. The molecule has 0 unspecified atom stereocenters. The number of nitrogens with zero attached hydrogens (tertiary/aromatic N) is 2. The average molecular weight is 204 g/mol. The lowest BCUT2D eigenvalue weighted by atomic mass is 10.2. The van der Waals surface area contributed by atoms with Crippen LogP contribution in [0.1, 0.15) is 5.56 Å². The molecule has 0 aromatic heterocycles. The quantitative estimate of drug-likeness (QED) is 0.793. The van der Waals surface area contributed by atoms with Gasteiger partial charge < -0.3 is 10.0 Å². The van der Waals surface area contributed by atoms with Crippen LogP contribution in [-0.4, -0.2) is 41.4 Å². The van der Waals surface area contributed by atoms with Gasteiger partial charge in [-0.05, 0) is 0 Å². The molecule has 1 N–H and O–H groups in total. The summed E-state index contributed by atoms with van der Waals surface area (Å²) in [5, 5.41) is 8.74. The molecule has 4 heteroatoms. The largest absolute Gasteiger partial charge is 0.480 e. The first-order chi connectivity index (χ1) is 7.27. The smallest absolute Gasteiger partial charge is 0.323 e. The van der Waals surface area contributed by atoms with Gasteiger partial charge in [0.25, 0.3) is 0 Å². The molecule has 0 spiro atoms. The lowest BCUT2D eigenvalue weighted by Gasteiger charge is -2.17. The highest BCUT2D eigenvalue weighted by atomic mass is 16.4. The van der Waals surface area contributed by atoms with Crippen LogP contribution in [0, 0.1) is 0 Å². The normalized spacial score (nSPS) is 15.2. The van der Waals surface area contributed by atoms with Gasteiger partial charge in [0.15, 0.2) is 0 Å². The molecule has 0 saturated heterocycles. The number of amidine groups is 1. The third-order valence-electron chi connectivity index (χ3n) is 2.29. The van der Waals surface area contributed by atoms with Crippen LogP contribution in [0.15, 0.2) is 35.3 Å². The van der Waals surface area contributed by atoms with Crippen molar-refractivity contribution in [2.75, 3.05) is 19.6 Å². The molecule has 0 saturated carbocycles. The molecule has 4 nitrogen and oxygen atoms in total. The van der Waals surface area contributed by atoms with Crippen LogP contribution in [0.4, 0.5) is 0 Å². The van der Waals surface area contributed by atoms with E-state index in [1.807, 2.05) is 30.3 Å². The van der Waals surface area contributed by atoms with E-state index in [1.54, 1.807) is 4.90 Å². The molecule has 0 fully saturated rings. The molecule has 2 rings (SSSR count). The van der Waals surface area contributed by atoms with Crippen LogP contribution in [0.25, 0.3) is 0 Å². The van der Waals surface area contributed by atoms with Gasteiger partial charge in [-0.2, -0.15) is 0 Å². The molecule has 0 atom stereocenters. The molecule has 1 aliphatic rings. The van der Waals surface area contributed by atoms with Crippen molar-refractivity contribution in [3.8, 4) is 0 Å². The monoisotopic (exact) mass is 204 g/mol. The van der Waals surface area contributed by atoms with E-state index in [0.717, 1.165) is 11.4 Å². The number of carboxylic acid groups (broad SMARTS) is 1. The van der Waals surface area contributed by atoms with E-state index in [1.165, 1.54) is 0 Å². The summed E-state index contributed by atoms with van der Waals surface area (Å²) < 4.78 is 0. The fourth-order valence-corrected chi connectivity index (χ4v) is 1.66. The lowest BCUT2D eigenvalue weighted by Crippen LogP contribution is -2.33. The Morgan fingerprint density at radius 3 is 2.80 bits per heavy atom. The van der Waals surface area contributed by atoms with Crippen molar-refractivity contribution in [3.63, 3.8) is 0 Å². The van der Waals surface area contributed by atoms with E-state index in [-0.39, 0.29) is 6.54 Å². The average Bonchev–Trinajstić information content (AvgIpc) is 2.66. The molecular formula is C11H12N2O2. The Bertz CT molecular complexity index is 387. The molecule has 78 valence electrons. The summed E-state index contributed by atoms with van der Waals surface area (Å²) in [6.07, 6.45) is 0. The van der Waals surface area contributed by atoms with E-state index in [4.69, 9.17) is 5.11 Å². The maximum Gasteiger partial charge on any atom is 0.323 e. The van der Waals surface area contributed by atoms with Crippen molar-refractivity contribution in [1.29, 1.82) is 0 Å². The second kappa shape index (κ2) is 4.13. The number of aliphatic carboxylic acids is 1. The lowest BCUT2D eigenvalue weighted by molar-refractivity contribution is -0.137. The van der Waals surface area contributed by atoms with Crippen molar-refractivity contribution in [1.82, 2.24) is 4.90 Å². The van der Waals surface area contributed by atoms with Gasteiger partial charge in [0.1, 0.15) is 12.4 Å². The topological polar surface area (TPSA) is 52.9 Å². The SMILES string of the molecule is O=C(O)CN1CCN=C1c1ccccc1. The minimum Gasteiger partial charge on any atom is -0.480 e. The number of carbonyl (C=O) groups is 1. The first-order valence-corrected chi connectivity index (χ1v) is 4.84. The maximum absolute atomic E-state index is 10.6. The van der Waals surface area contributed by atoms with Crippen molar-refractivity contribution in [2.45, 2.75) is 0 Å². The minimum atomic E-state index is -0.819. The second-order valence-electron chi connectivity index (χ2n) is 3.39. The first-order valence-electron chi connectivity index (χ1n) is 4.84. The Labute approximate surface area is 87.9 Å².